The topological polar surface area (TPSA) is 97.1 Å². The van der Waals surface area contributed by atoms with Crippen molar-refractivity contribution in [2.45, 2.75) is 63.8 Å². The van der Waals surface area contributed by atoms with E-state index in [0.29, 0.717) is 18.1 Å². The largest absolute Gasteiger partial charge is 0.343 e. The average molecular weight is 370 g/mol. The molecular formula is C20H26N4O3. The van der Waals surface area contributed by atoms with Crippen LogP contribution < -0.4 is 10.6 Å². The molecule has 0 aliphatic heterocycles. The van der Waals surface area contributed by atoms with Crippen LogP contribution in [-0.2, 0) is 21.5 Å². The van der Waals surface area contributed by atoms with Crippen LogP contribution >= 0.6 is 0 Å². The fourth-order valence-corrected chi connectivity index (χ4v) is 3.59. The number of hydrogen-bond acceptors (Lipinski definition) is 5. The molecule has 2 amide bonds. The molecule has 0 saturated heterocycles. The van der Waals surface area contributed by atoms with Crippen LogP contribution in [0.1, 0.15) is 63.6 Å². The van der Waals surface area contributed by atoms with E-state index in [1.807, 2.05) is 30.3 Å². The van der Waals surface area contributed by atoms with Gasteiger partial charge in [-0.05, 0) is 25.0 Å². The van der Waals surface area contributed by atoms with Crippen LogP contribution in [0.3, 0.4) is 0 Å². The number of nitrogens with one attached hydrogen (secondary N) is 2. The van der Waals surface area contributed by atoms with Gasteiger partial charge in [0.25, 0.3) is 0 Å². The Bertz CT molecular complexity index is 765. The Morgan fingerprint density at radius 2 is 1.81 bits per heavy atom. The van der Waals surface area contributed by atoms with Crippen molar-refractivity contribution in [2.24, 2.45) is 0 Å². The minimum absolute atomic E-state index is 0.0921. The Kier molecular flexibility index (Phi) is 6.21. The van der Waals surface area contributed by atoms with Crippen LogP contribution in [0.25, 0.3) is 0 Å². The standard InChI is InChI=1S/C20H26N4O3/c1-15(25)23-20(13-7-2-3-8-14-20)19-22-18(27-24-19)12-11-17(26)21-16-9-5-4-6-10-16/h4-6,9-10H,2-3,7-8,11-14H2,1H3,(H,21,26)(H,23,25). The van der Waals surface area contributed by atoms with E-state index in [2.05, 4.69) is 20.8 Å². The fraction of sp³-hybridized carbons (Fsp3) is 0.500. The van der Waals surface area contributed by atoms with Gasteiger partial charge in [0.2, 0.25) is 17.7 Å². The summed E-state index contributed by atoms with van der Waals surface area (Å²) in [5.74, 6) is 0.748. The van der Waals surface area contributed by atoms with Gasteiger partial charge in [-0.2, -0.15) is 4.98 Å². The molecule has 2 N–H and O–H groups in total. The second-order valence-corrected chi connectivity index (χ2v) is 7.10. The van der Waals surface area contributed by atoms with Crippen molar-refractivity contribution in [3.05, 3.63) is 42.0 Å². The van der Waals surface area contributed by atoms with Gasteiger partial charge in [-0.1, -0.05) is 49.0 Å². The highest BCUT2D eigenvalue weighted by molar-refractivity contribution is 5.90. The van der Waals surface area contributed by atoms with E-state index in [4.69, 9.17) is 4.52 Å². The van der Waals surface area contributed by atoms with Gasteiger partial charge in [-0.3, -0.25) is 9.59 Å². The van der Waals surface area contributed by atoms with Gasteiger partial charge >= 0.3 is 0 Å². The normalized spacial score (nSPS) is 16.3. The molecule has 27 heavy (non-hydrogen) atoms. The molecule has 7 nitrogen and oxygen atoms in total. The molecule has 1 aliphatic rings. The van der Waals surface area contributed by atoms with Crippen LogP contribution in [0.5, 0.6) is 0 Å². The van der Waals surface area contributed by atoms with Crippen LogP contribution in [0.15, 0.2) is 34.9 Å². The number of amides is 2. The molecule has 1 aliphatic carbocycles. The zero-order valence-electron chi connectivity index (χ0n) is 15.7. The van der Waals surface area contributed by atoms with Gasteiger partial charge in [0, 0.05) is 25.5 Å². The number of benzene rings is 1. The van der Waals surface area contributed by atoms with Crippen LogP contribution in [0.4, 0.5) is 5.69 Å². The molecule has 0 spiro atoms. The SMILES string of the molecule is CC(=O)NC1(c2noc(CCC(=O)Nc3ccccc3)n2)CCCCCC1. The number of para-hydroxylation sites is 1. The van der Waals surface area contributed by atoms with E-state index in [1.54, 1.807) is 0 Å². The lowest BCUT2D eigenvalue weighted by atomic mass is 9.89. The van der Waals surface area contributed by atoms with Gasteiger partial charge in [-0.15, -0.1) is 0 Å². The first-order valence-electron chi connectivity index (χ1n) is 9.54. The molecule has 1 aromatic heterocycles. The summed E-state index contributed by atoms with van der Waals surface area (Å²) in [4.78, 5) is 28.3. The van der Waals surface area contributed by atoms with E-state index >= 15 is 0 Å². The number of nitrogens with zero attached hydrogens (tertiary/aromatic N) is 2. The van der Waals surface area contributed by atoms with E-state index in [1.165, 1.54) is 6.92 Å². The van der Waals surface area contributed by atoms with Gasteiger partial charge in [0.05, 0.1) is 0 Å². The number of rotatable bonds is 6. The molecule has 3 rings (SSSR count). The second kappa shape index (κ2) is 8.79. The van der Waals surface area contributed by atoms with Crippen molar-refractivity contribution in [3.8, 4) is 0 Å². The third-order valence-electron chi connectivity index (χ3n) is 4.89. The number of carbonyl (C=O) groups excluding carboxylic acids is 2. The zero-order valence-corrected chi connectivity index (χ0v) is 15.7. The van der Waals surface area contributed by atoms with Gasteiger partial charge in [0.15, 0.2) is 5.82 Å². The Labute approximate surface area is 158 Å². The smallest absolute Gasteiger partial charge is 0.227 e. The number of aryl methyl sites for hydroxylation is 1. The van der Waals surface area contributed by atoms with E-state index in [0.717, 1.165) is 44.2 Å². The highest BCUT2D eigenvalue weighted by atomic mass is 16.5. The minimum Gasteiger partial charge on any atom is -0.343 e. The van der Waals surface area contributed by atoms with Crippen molar-refractivity contribution in [2.75, 3.05) is 5.32 Å². The number of aromatic nitrogens is 2. The third kappa shape index (κ3) is 5.15. The molecule has 0 radical (unpaired) electrons. The highest BCUT2D eigenvalue weighted by Crippen LogP contribution is 2.34. The van der Waals surface area contributed by atoms with E-state index in [-0.39, 0.29) is 18.2 Å². The van der Waals surface area contributed by atoms with Crippen LogP contribution in [0.2, 0.25) is 0 Å². The lowest BCUT2D eigenvalue weighted by Crippen LogP contribution is -2.45. The summed E-state index contributed by atoms with van der Waals surface area (Å²) in [5, 5.41) is 10.0. The molecule has 1 heterocycles. The lowest BCUT2D eigenvalue weighted by molar-refractivity contribution is -0.121. The molecule has 1 fully saturated rings. The molecule has 0 unspecified atom stereocenters. The molecule has 0 bridgehead atoms. The Morgan fingerprint density at radius 1 is 1.11 bits per heavy atom. The monoisotopic (exact) mass is 370 g/mol. The minimum atomic E-state index is -0.559. The van der Waals surface area contributed by atoms with E-state index < -0.39 is 5.54 Å². The fourth-order valence-electron chi connectivity index (χ4n) is 3.59. The number of anilines is 1. The summed E-state index contributed by atoms with van der Waals surface area (Å²) in [7, 11) is 0. The summed E-state index contributed by atoms with van der Waals surface area (Å²) in [6.07, 6.45) is 6.55. The molecule has 1 saturated carbocycles. The van der Waals surface area contributed by atoms with Crippen molar-refractivity contribution < 1.29 is 14.1 Å². The third-order valence-corrected chi connectivity index (χ3v) is 4.89. The lowest BCUT2D eigenvalue weighted by Gasteiger charge is -2.30. The maximum atomic E-state index is 12.1. The van der Waals surface area contributed by atoms with Gasteiger partial charge in [-0.25, -0.2) is 0 Å². The first kappa shape index (κ1) is 19.1. The summed E-state index contributed by atoms with van der Waals surface area (Å²) in [6, 6.07) is 9.31. The van der Waals surface area contributed by atoms with Gasteiger partial charge < -0.3 is 15.2 Å². The predicted molar refractivity (Wildman–Crippen MR) is 101 cm³/mol. The first-order valence-corrected chi connectivity index (χ1v) is 9.54. The highest BCUT2D eigenvalue weighted by Gasteiger charge is 2.38. The molecule has 144 valence electrons. The molecule has 1 aromatic carbocycles. The second-order valence-electron chi connectivity index (χ2n) is 7.10. The van der Waals surface area contributed by atoms with Crippen LogP contribution in [-0.4, -0.2) is 22.0 Å². The molecule has 7 heteroatoms. The maximum Gasteiger partial charge on any atom is 0.227 e. The van der Waals surface area contributed by atoms with Crippen molar-refractivity contribution in [1.82, 2.24) is 15.5 Å². The Hall–Kier alpha value is -2.70. The predicted octanol–water partition coefficient (Wildman–Crippen LogP) is 3.33. The quantitative estimate of drug-likeness (QED) is 0.760. The number of hydrogen-bond donors (Lipinski definition) is 2. The summed E-state index contributed by atoms with van der Waals surface area (Å²) >= 11 is 0. The average Bonchev–Trinajstić information content (AvgIpc) is 3.01. The number of carbonyl (C=O) groups is 2. The van der Waals surface area contributed by atoms with Crippen molar-refractivity contribution in [1.29, 1.82) is 0 Å². The van der Waals surface area contributed by atoms with Gasteiger partial charge in [0.1, 0.15) is 5.54 Å². The zero-order chi connectivity index (χ0) is 19.1. The summed E-state index contributed by atoms with van der Waals surface area (Å²) in [6.45, 7) is 1.52. The summed E-state index contributed by atoms with van der Waals surface area (Å²) < 4.78 is 5.37. The Morgan fingerprint density at radius 3 is 2.48 bits per heavy atom. The molecule has 2 aromatic rings. The maximum absolute atomic E-state index is 12.1. The first-order chi connectivity index (χ1) is 13.1. The van der Waals surface area contributed by atoms with Crippen molar-refractivity contribution in [3.63, 3.8) is 0 Å². The molecule has 0 atom stereocenters. The van der Waals surface area contributed by atoms with Crippen molar-refractivity contribution >= 4 is 17.5 Å². The Balaban J connectivity index is 1.63. The van der Waals surface area contributed by atoms with E-state index in [9.17, 15) is 9.59 Å². The summed E-state index contributed by atoms with van der Waals surface area (Å²) in [5.41, 5.74) is 0.202. The van der Waals surface area contributed by atoms with Crippen LogP contribution in [0, 0.1) is 0 Å². The molecular weight excluding hydrogens is 344 g/mol.